The van der Waals surface area contributed by atoms with E-state index in [4.69, 9.17) is 14.0 Å². The van der Waals surface area contributed by atoms with Crippen LogP contribution in [0.4, 0.5) is 0 Å². The molecule has 1 aromatic heterocycles. The number of aromatic nitrogens is 2. The Morgan fingerprint density at radius 2 is 2.00 bits per heavy atom. The predicted molar refractivity (Wildman–Crippen MR) is 84.7 cm³/mol. The number of fused-ring (bicyclic) bond motifs is 1. The van der Waals surface area contributed by atoms with Gasteiger partial charge < -0.3 is 14.0 Å². The largest absolute Gasteiger partial charge is 0.497 e. The van der Waals surface area contributed by atoms with Gasteiger partial charge in [-0.05, 0) is 30.2 Å². The average Bonchev–Trinajstić information content (AvgIpc) is 3.11. The fourth-order valence-corrected chi connectivity index (χ4v) is 2.76. The number of benzene rings is 2. The van der Waals surface area contributed by atoms with E-state index in [2.05, 4.69) is 10.1 Å². The highest BCUT2D eigenvalue weighted by atomic mass is 16.5. The fourth-order valence-electron chi connectivity index (χ4n) is 2.76. The van der Waals surface area contributed by atoms with Gasteiger partial charge in [0.2, 0.25) is 11.7 Å². The van der Waals surface area contributed by atoms with Crippen LogP contribution >= 0.6 is 0 Å². The molecule has 1 atom stereocenters. The molecule has 4 rings (SSSR count). The minimum absolute atomic E-state index is 0.0552. The van der Waals surface area contributed by atoms with Gasteiger partial charge in [0.25, 0.3) is 0 Å². The van der Waals surface area contributed by atoms with E-state index >= 15 is 0 Å². The van der Waals surface area contributed by atoms with Gasteiger partial charge in [-0.15, -0.1) is 0 Å². The third kappa shape index (κ3) is 2.65. The number of hydrogen-bond acceptors (Lipinski definition) is 5. The molecule has 0 fully saturated rings. The van der Waals surface area contributed by atoms with Crippen molar-refractivity contribution in [3.63, 3.8) is 0 Å². The lowest BCUT2D eigenvalue weighted by Gasteiger charge is -2.23. The van der Waals surface area contributed by atoms with Gasteiger partial charge in [-0.3, -0.25) is 0 Å². The molecule has 0 aliphatic carbocycles. The Bertz CT molecular complexity index is 814. The summed E-state index contributed by atoms with van der Waals surface area (Å²) in [6, 6.07) is 15.6. The molecular weight excluding hydrogens is 292 g/mol. The van der Waals surface area contributed by atoms with Gasteiger partial charge in [-0.2, -0.15) is 4.98 Å². The first-order chi connectivity index (χ1) is 11.3. The van der Waals surface area contributed by atoms with Crippen LogP contribution in [0.2, 0.25) is 0 Å². The molecule has 0 radical (unpaired) electrons. The minimum Gasteiger partial charge on any atom is -0.497 e. The van der Waals surface area contributed by atoms with Gasteiger partial charge in [-0.25, -0.2) is 0 Å². The molecule has 5 nitrogen and oxygen atoms in total. The van der Waals surface area contributed by atoms with Crippen molar-refractivity contribution in [2.75, 3.05) is 13.7 Å². The van der Waals surface area contributed by atoms with Crippen LogP contribution in [0.5, 0.6) is 11.5 Å². The van der Waals surface area contributed by atoms with Crippen LogP contribution in [-0.2, 0) is 6.42 Å². The van der Waals surface area contributed by atoms with E-state index in [1.54, 1.807) is 7.11 Å². The van der Waals surface area contributed by atoms with Gasteiger partial charge in [-0.1, -0.05) is 35.5 Å². The van der Waals surface area contributed by atoms with Crippen LogP contribution in [-0.4, -0.2) is 23.9 Å². The number of nitrogens with zero attached hydrogens (tertiary/aromatic N) is 2. The molecule has 116 valence electrons. The van der Waals surface area contributed by atoms with Crippen LogP contribution in [0.3, 0.4) is 0 Å². The van der Waals surface area contributed by atoms with Crippen molar-refractivity contribution in [2.24, 2.45) is 0 Å². The third-order valence-corrected chi connectivity index (χ3v) is 4.00. The maximum atomic E-state index is 5.82. The molecule has 0 bridgehead atoms. The summed E-state index contributed by atoms with van der Waals surface area (Å²) < 4.78 is 16.6. The summed E-state index contributed by atoms with van der Waals surface area (Å²) in [7, 11) is 1.66. The lowest BCUT2D eigenvalue weighted by atomic mass is 9.96. The Morgan fingerprint density at radius 1 is 1.13 bits per heavy atom. The maximum absolute atomic E-state index is 5.82. The maximum Gasteiger partial charge on any atom is 0.233 e. The van der Waals surface area contributed by atoms with Crippen molar-refractivity contribution in [3.8, 4) is 22.9 Å². The normalized spacial score (nSPS) is 16.5. The van der Waals surface area contributed by atoms with E-state index < -0.39 is 0 Å². The molecule has 1 aliphatic rings. The summed E-state index contributed by atoms with van der Waals surface area (Å²) in [6.07, 6.45) is 0.795. The SMILES string of the molecule is COc1ccc2c(c1)CC(c1nc(-c3ccccc3)no1)CO2. The molecule has 23 heavy (non-hydrogen) atoms. The first kappa shape index (κ1) is 13.8. The zero-order valence-electron chi connectivity index (χ0n) is 12.7. The number of hydrogen-bond donors (Lipinski definition) is 0. The second-order valence-electron chi connectivity index (χ2n) is 5.51. The Kier molecular flexibility index (Phi) is 3.46. The minimum atomic E-state index is 0.0552. The number of ether oxygens (including phenoxy) is 2. The topological polar surface area (TPSA) is 57.4 Å². The Labute approximate surface area is 133 Å². The second-order valence-corrected chi connectivity index (χ2v) is 5.51. The summed E-state index contributed by atoms with van der Waals surface area (Å²) in [5, 5.41) is 4.08. The van der Waals surface area contributed by atoms with Crippen molar-refractivity contribution in [1.82, 2.24) is 10.1 Å². The summed E-state index contributed by atoms with van der Waals surface area (Å²) in [6.45, 7) is 0.537. The molecule has 0 saturated heterocycles. The van der Waals surface area contributed by atoms with Crippen molar-refractivity contribution in [1.29, 1.82) is 0 Å². The number of methoxy groups -OCH3 is 1. The monoisotopic (exact) mass is 308 g/mol. The highest BCUT2D eigenvalue weighted by Crippen LogP contribution is 2.34. The van der Waals surface area contributed by atoms with Gasteiger partial charge in [0.05, 0.1) is 13.0 Å². The van der Waals surface area contributed by atoms with E-state index in [0.29, 0.717) is 18.3 Å². The van der Waals surface area contributed by atoms with Crippen LogP contribution in [0.25, 0.3) is 11.4 Å². The standard InChI is InChI=1S/C18H16N2O3/c1-21-15-7-8-16-13(10-15)9-14(11-22-16)18-19-17(20-23-18)12-5-3-2-4-6-12/h2-8,10,14H,9,11H2,1H3. The smallest absolute Gasteiger partial charge is 0.233 e. The predicted octanol–water partition coefficient (Wildman–Crippen LogP) is 3.46. The van der Waals surface area contributed by atoms with E-state index in [1.165, 1.54) is 0 Å². The Balaban J connectivity index is 1.59. The molecule has 5 heteroatoms. The van der Waals surface area contributed by atoms with Crippen molar-refractivity contribution in [2.45, 2.75) is 12.3 Å². The fraction of sp³-hybridized carbons (Fsp3) is 0.222. The van der Waals surface area contributed by atoms with E-state index in [0.717, 1.165) is 29.0 Å². The van der Waals surface area contributed by atoms with Crippen molar-refractivity contribution in [3.05, 3.63) is 60.0 Å². The molecule has 0 amide bonds. The first-order valence-corrected chi connectivity index (χ1v) is 7.52. The first-order valence-electron chi connectivity index (χ1n) is 7.52. The van der Waals surface area contributed by atoms with Gasteiger partial charge >= 0.3 is 0 Å². The van der Waals surface area contributed by atoms with Crippen LogP contribution < -0.4 is 9.47 Å². The molecule has 2 heterocycles. The van der Waals surface area contributed by atoms with E-state index in [-0.39, 0.29) is 5.92 Å². The molecule has 3 aromatic rings. The lowest BCUT2D eigenvalue weighted by Crippen LogP contribution is -2.19. The highest BCUT2D eigenvalue weighted by molar-refractivity contribution is 5.53. The zero-order chi connectivity index (χ0) is 15.6. The Morgan fingerprint density at radius 3 is 2.83 bits per heavy atom. The Hall–Kier alpha value is -2.82. The van der Waals surface area contributed by atoms with Crippen molar-refractivity contribution < 1.29 is 14.0 Å². The van der Waals surface area contributed by atoms with Crippen LogP contribution in [0, 0.1) is 0 Å². The van der Waals surface area contributed by atoms with Crippen LogP contribution in [0.1, 0.15) is 17.4 Å². The third-order valence-electron chi connectivity index (χ3n) is 4.00. The van der Waals surface area contributed by atoms with Crippen LogP contribution in [0.15, 0.2) is 53.1 Å². The molecule has 2 aromatic carbocycles. The summed E-state index contributed by atoms with van der Waals surface area (Å²) >= 11 is 0. The van der Waals surface area contributed by atoms with Gasteiger partial charge in [0, 0.05) is 5.56 Å². The molecule has 1 unspecified atom stereocenters. The highest BCUT2D eigenvalue weighted by Gasteiger charge is 2.26. The van der Waals surface area contributed by atoms with Gasteiger partial charge in [0.15, 0.2) is 0 Å². The summed E-state index contributed by atoms with van der Waals surface area (Å²) in [4.78, 5) is 4.53. The quantitative estimate of drug-likeness (QED) is 0.741. The molecule has 0 spiro atoms. The van der Waals surface area contributed by atoms with E-state index in [9.17, 15) is 0 Å². The van der Waals surface area contributed by atoms with Gasteiger partial charge in [0.1, 0.15) is 18.1 Å². The number of rotatable bonds is 3. The summed E-state index contributed by atoms with van der Waals surface area (Å²) in [5.74, 6) is 2.99. The lowest BCUT2D eigenvalue weighted by molar-refractivity contribution is 0.230. The van der Waals surface area contributed by atoms with Crippen molar-refractivity contribution >= 4 is 0 Å². The second kappa shape index (κ2) is 5.76. The average molecular weight is 308 g/mol. The molecular formula is C18H16N2O3. The van der Waals surface area contributed by atoms with E-state index in [1.807, 2.05) is 48.5 Å². The molecule has 0 N–H and O–H groups in total. The molecule has 1 aliphatic heterocycles. The summed E-state index contributed by atoms with van der Waals surface area (Å²) in [5.41, 5.74) is 2.04. The molecule has 0 saturated carbocycles. The zero-order valence-corrected chi connectivity index (χ0v) is 12.7.